The van der Waals surface area contributed by atoms with Gasteiger partial charge in [0.25, 0.3) is 0 Å². The van der Waals surface area contributed by atoms with Crippen LogP contribution in [-0.4, -0.2) is 36.3 Å². The molecule has 0 spiro atoms. The molecule has 0 saturated carbocycles. The van der Waals surface area contributed by atoms with E-state index in [4.69, 9.17) is 5.73 Å². The Morgan fingerprint density at radius 1 is 1.14 bits per heavy atom. The molecule has 1 aromatic rings. The summed E-state index contributed by atoms with van der Waals surface area (Å²) in [7, 11) is 0. The van der Waals surface area contributed by atoms with Crippen LogP contribution in [0.5, 0.6) is 0 Å². The lowest BCUT2D eigenvalue weighted by Gasteiger charge is -2.33. The number of hydrogen-bond donors (Lipinski definition) is 1. The summed E-state index contributed by atoms with van der Waals surface area (Å²) in [6.07, 6.45) is 4.32. The van der Waals surface area contributed by atoms with Gasteiger partial charge in [0.2, 0.25) is 11.8 Å². The van der Waals surface area contributed by atoms with Crippen LogP contribution >= 0.6 is 0 Å². The molecule has 2 heterocycles. The monoisotopic (exact) mass is 287 g/mol. The summed E-state index contributed by atoms with van der Waals surface area (Å²) in [6.45, 7) is 1.59. The van der Waals surface area contributed by atoms with E-state index >= 15 is 0 Å². The number of amides is 2. The van der Waals surface area contributed by atoms with Crippen LogP contribution in [0.1, 0.15) is 31.2 Å². The van der Waals surface area contributed by atoms with Crippen LogP contribution in [0.3, 0.4) is 0 Å². The summed E-state index contributed by atoms with van der Waals surface area (Å²) in [5.74, 6) is 0.0937. The molecule has 21 heavy (non-hydrogen) atoms. The highest BCUT2D eigenvalue weighted by molar-refractivity contribution is 5.98. The van der Waals surface area contributed by atoms with E-state index in [1.54, 1.807) is 9.80 Å². The third-order valence-electron chi connectivity index (χ3n) is 4.34. The molecular weight excluding hydrogens is 266 g/mol. The fraction of sp³-hybridized carbons (Fsp3) is 0.500. The van der Waals surface area contributed by atoms with Crippen molar-refractivity contribution >= 4 is 23.2 Å². The Balaban J connectivity index is 1.77. The summed E-state index contributed by atoms with van der Waals surface area (Å²) >= 11 is 0. The Kier molecular flexibility index (Phi) is 3.82. The maximum Gasteiger partial charge on any atom is 0.246 e. The van der Waals surface area contributed by atoms with E-state index in [-0.39, 0.29) is 18.4 Å². The van der Waals surface area contributed by atoms with Crippen molar-refractivity contribution in [2.75, 3.05) is 30.3 Å². The average molecular weight is 287 g/mol. The summed E-state index contributed by atoms with van der Waals surface area (Å²) in [5, 5.41) is 0. The molecule has 0 aromatic heterocycles. The molecule has 0 radical (unpaired) electrons. The topological polar surface area (TPSA) is 66.6 Å². The highest BCUT2D eigenvalue weighted by atomic mass is 16.2. The van der Waals surface area contributed by atoms with Crippen molar-refractivity contribution < 1.29 is 9.59 Å². The van der Waals surface area contributed by atoms with Crippen molar-refractivity contribution in [2.24, 2.45) is 0 Å². The van der Waals surface area contributed by atoms with Gasteiger partial charge >= 0.3 is 0 Å². The predicted octanol–water partition coefficient (Wildman–Crippen LogP) is 1.56. The zero-order chi connectivity index (χ0) is 14.8. The van der Waals surface area contributed by atoms with Crippen LogP contribution < -0.4 is 10.6 Å². The minimum absolute atomic E-state index is 0.00296. The van der Waals surface area contributed by atoms with Gasteiger partial charge < -0.3 is 15.5 Å². The van der Waals surface area contributed by atoms with Crippen molar-refractivity contribution in [2.45, 2.75) is 32.1 Å². The largest absolute Gasteiger partial charge is 0.398 e. The molecule has 0 unspecified atom stereocenters. The third kappa shape index (κ3) is 2.73. The lowest BCUT2D eigenvalue weighted by molar-refractivity contribution is -0.137. The Hall–Kier alpha value is -2.04. The second-order valence-electron chi connectivity index (χ2n) is 5.77. The van der Waals surface area contributed by atoms with E-state index in [1.165, 1.54) is 0 Å². The molecule has 2 amide bonds. The van der Waals surface area contributed by atoms with Crippen LogP contribution in [-0.2, 0) is 16.0 Å². The quantitative estimate of drug-likeness (QED) is 0.839. The van der Waals surface area contributed by atoms with E-state index in [1.807, 2.05) is 18.2 Å². The normalized spacial score (nSPS) is 18.6. The van der Waals surface area contributed by atoms with Crippen molar-refractivity contribution in [3.63, 3.8) is 0 Å². The highest BCUT2D eigenvalue weighted by Crippen LogP contribution is 2.31. The van der Waals surface area contributed by atoms with Gasteiger partial charge in [-0.3, -0.25) is 9.59 Å². The van der Waals surface area contributed by atoms with E-state index < -0.39 is 0 Å². The van der Waals surface area contributed by atoms with Gasteiger partial charge in [0.1, 0.15) is 6.54 Å². The Bertz CT molecular complexity index is 571. The lowest BCUT2D eigenvalue weighted by atomic mass is 9.99. The lowest BCUT2D eigenvalue weighted by Crippen LogP contribution is -2.46. The third-order valence-corrected chi connectivity index (χ3v) is 4.34. The Morgan fingerprint density at radius 3 is 2.81 bits per heavy atom. The molecule has 2 aliphatic rings. The first-order valence-electron chi connectivity index (χ1n) is 7.62. The maximum atomic E-state index is 12.6. The van der Waals surface area contributed by atoms with Gasteiger partial charge in [-0.05, 0) is 43.4 Å². The van der Waals surface area contributed by atoms with Crippen LogP contribution in [0.15, 0.2) is 18.2 Å². The van der Waals surface area contributed by atoms with Gasteiger partial charge in [0.05, 0.1) is 0 Å². The molecule has 1 aromatic carbocycles. The Labute approximate surface area is 124 Å². The first kappa shape index (κ1) is 13.9. The molecule has 1 fully saturated rings. The summed E-state index contributed by atoms with van der Waals surface area (Å²) < 4.78 is 0. The van der Waals surface area contributed by atoms with Gasteiger partial charge in [-0.1, -0.05) is 6.07 Å². The van der Waals surface area contributed by atoms with Gasteiger partial charge in [0.15, 0.2) is 0 Å². The molecular formula is C16H21N3O2. The minimum Gasteiger partial charge on any atom is -0.398 e. The van der Waals surface area contributed by atoms with Crippen LogP contribution in [0.4, 0.5) is 11.4 Å². The molecule has 0 bridgehead atoms. The fourth-order valence-corrected chi connectivity index (χ4v) is 3.19. The molecule has 5 heteroatoms. The molecule has 2 aliphatic heterocycles. The molecule has 0 aliphatic carbocycles. The van der Waals surface area contributed by atoms with E-state index in [0.29, 0.717) is 19.5 Å². The predicted molar refractivity (Wildman–Crippen MR) is 82.0 cm³/mol. The van der Waals surface area contributed by atoms with E-state index in [2.05, 4.69) is 0 Å². The molecule has 1 saturated heterocycles. The van der Waals surface area contributed by atoms with Crippen molar-refractivity contribution in [1.29, 1.82) is 0 Å². The number of rotatable bonds is 2. The summed E-state index contributed by atoms with van der Waals surface area (Å²) in [6, 6.07) is 5.70. The number of fused-ring (bicyclic) bond motifs is 1. The number of nitrogens with two attached hydrogens (primary N) is 1. The molecule has 2 N–H and O–H groups in total. The average Bonchev–Trinajstić information content (AvgIpc) is 2.49. The van der Waals surface area contributed by atoms with Crippen molar-refractivity contribution in [3.8, 4) is 0 Å². The summed E-state index contributed by atoms with van der Waals surface area (Å²) in [4.78, 5) is 27.9. The van der Waals surface area contributed by atoms with Crippen LogP contribution in [0.2, 0.25) is 0 Å². The van der Waals surface area contributed by atoms with Gasteiger partial charge in [-0.15, -0.1) is 0 Å². The molecule has 3 rings (SSSR count). The van der Waals surface area contributed by atoms with Gasteiger partial charge in [-0.2, -0.15) is 0 Å². The van der Waals surface area contributed by atoms with E-state index in [0.717, 1.165) is 42.6 Å². The number of nitrogen functional groups attached to an aromatic ring is 1. The second kappa shape index (κ2) is 5.76. The molecule has 0 atom stereocenters. The van der Waals surface area contributed by atoms with Crippen molar-refractivity contribution in [1.82, 2.24) is 4.90 Å². The number of nitrogens with zero attached hydrogens (tertiary/aromatic N) is 2. The number of likely N-dealkylation sites (tertiary alicyclic amines) is 1. The molecule has 112 valence electrons. The number of carbonyl (C=O) groups is 2. The standard InChI is InChI=1S/C16H21N3O2/c17-13-6-3-7-14-12(13)5-4-10-19(14)16(21)11-18-9-2-1-8-15(18)20/h3,6-7H,1-2,4-5,8-11,17H2. The van der Waals surface area contributed by atoms with Crippen LogP contribution in [0, 0.1) is 0 Å². The number of carbonyl (C=O) groups excluding carboxylic acids is 2. The zero-order valence-electron chi connectivity index (χ0n) is 12.2. The minimum atomic E-state index is -0.00296. The molecule has 5 nitrogen and oxygen atoms in total. The van der Waals surface area contributed by atoms with Gasteiger partial charge in [-0.25, -0.2) is 0 Å². The summed E-state index contributed by atoms with van der Waals surface area (Å²) in [5.41, 5.74) is 8.73. The maximum absolute atomic E-state index is 12.6. The van der Waals surface area contributed by atoms with Crippen LogP contribution in [0.25, 0.3) is 0 Å². The zero-order valence-corrected chi connectivity index (χ0v) is 12.2. The fourth-order valence-electron chi connectivity index (χ4n) is 3.19. The SMILES string of the molecule is Nc1cccc2c1CCCN2C(=O)CN1CCCCC1=O. The Morgan fingerprint density at radius 2 is 2.00 bits per heavy atom. The number of piperidine rings is 1. The van der Waals surface area contributed by atoms with E-state index in [9.17, 15) is 9.59 Å². The first-order valence-corrected chi connectivity index (χ1v) is 7.62. The number of benzene rings is 1. The number of anilines is 2. The second-order valence-corrected chi connectivity index (χ2v) is 5.77. The number of hydrogen-bond acceptors (Lipinski definition) is 3. The van der Waals surface area contributed by atoms with Gasteiger partial charge in [0, 0.05) is 30.9 Å². The smallest absolute Gasteiger partial charge is 0.246 e. The van der Waals surface area contributed by atoms with Crippen molar-refractivity contribution in [3.05, 3.63) is 23.8 Å². The highest BCUT2D eigenvalue weighted by Gasteiger charge is 2.27. The first-order chi connectivity index (χ1) is 10.2.